The van der Waals surface area contributed by atoms with E-state index in [4.69, 9.17) is 9.47 Å². The highest BCUT2D eigenvalue weighted by molar-refractivity contribution is 7.10. The van der Waals surface area contributed by atoms with Crippen LogP contribution in [0.1, 0.15) is 21.4 Å². The number of carbonyl (C=O) groups excluding carboxylic acids is 1. The van der Waals surface area contributed by atoms with Crippen LogP contribution in [-0.2, 0) is 11.2 Å². The number of quaternary nitrogens is 1. The van der Waals surface area contributed by atoms with E-state index in [-0.39, 0.29) is 11.9 Å². The summed E-state index contributed by atoms with van der Waals surface area (Å²) in [5, 5.41) is 7.28. The van der Waals surface area contributed by atoms with Crippen LogP contribution >= 0.6 is 22.7 Å². The minimum Gasteiger partial charge on any atom is -0.497 e. The van der Waals surface area contributed by atoms with Crippen LogP contribution in [-0.4, -0.2) is 33.2 Å². The van der Waals surface area contributed by atoms with E-state index in [0.717, 1.165) is 13.0 Å². The van der Waals surface area contributed by atoms with Crippen molar-refractivity contribution in [1.82, 2.24) is 0 Å². The lowest BCUT2D eigenvalue weighted by atomic mass is 9.98. The zero-order valence-electron chi connectivity index (χ0n) is 15.9. The molecule has 1 aliphatic rings. The van der Waals surface area contributed by atoms with E-state index in [0.29, 0.717) is 23.7 Å². The van der Waals surface area contributed by atoms with Gasteiger partial charge >= 0.3 is 0 Å². The number of fused-ring (bicyclic) bond motifs is 1. The van der Waals surface area contributed by atoms with Gasteiger partial charge in [0.1, 0.15) is 17.5 Å². The Labute approximate surface area is 172 Å². The van der Waals surface area contributed by atoms with Crippen LogP contribution in [0.25, 0.3) is 0 Å². The largest absolute Gasteiger partial charge is 0.497 e. The second kappa shape index (κ2) is 8.34. The van der Waals surface area contributed by atoms with Gasteiger partial charge in [-0.05, 0) is 35.0 Å². The molecule has 1 aromatic carbocycles. The maximum atomic E-state index is 12.9. The number of carbonyl (C=O) groups is 1. The van der Waals surface area contributed by atoms with E-state index >= 15 is 0 Å². The highest BCUT2D eigenvalue weighted by Gasteiger charge is 2.35. The third-order valence-corrected chi connectivity index (χ3v) is 7.00. The predicted molar refractivity (Wildman–Crippen MR) is 113 cm³/mol. The molecule has 3 aromatic rings. The van der Waals surface area contributed by atoms with Gasteiger partial charge in [0.2, 0.25) is 0 Å². The normalized spacial score (nSPS) is 18.4. The number of thiophene rings is 2. The molecular formula is C21H23N2O3S2+. The Balaban J connectivity index is 1.53. The second-order valence-electron chi connectivity index (χ2n) is 6.70. The van der Waals surface area contributed by atoms with Crippen LogP contribution in [0.3, 0.4) is 0 Å². The van der Waals surface area contributed by atoms with E-state index < -0.39 is 0 Å². The summed E-state index contributed by atoms with van der Waals surface area (Å²) in [6, 6.07) is 12.1. The highest BCUT2D eigenvalue weighted by atomic mass is 32.1. The van der Waals surface area contributed by atoms with Crippen molar-refractivity contribution in [3.8, 4) is 11.5 Å². The van der Waals surface area contributed by atoms with Gasteiger partial charge in [0.15, 0.2) is 6.54 Å². The van der Waals surface area contributed by atoms with Gasteiger partial charge < -0.3 is 19.7 Å². The third-order valence-electron chi connectivity index (χ3n) is 5.07. The summed E-state index contributed by atoms with van der Waals surface area (Å²) in [5.41, 5.74) is 2.03. The van der Waals surface area contributed by atoms with E-state index in [9.17, 15) is 4.79 Å². The lowest BCUT2D eigenvalue weighted by Gasteiger charge is -2.31. The van der Waals surface area contributed by atoms with Crippen molar-refractivity contribution < 1.29 is 19.2 Å². The van der Waals surface area contributed by atoms with Crippen LogP contribution in [0.2, 0.25) is 0 Å². The number of amides is 1. The van der Waals surface area contributed by atoms with E-state index in [1.165, 1.54) is 20.2 Å². The number of methoxy groups -OCH3 is 2. The molecule has 7 heteroatoms. The number of ether oxygens (including phenoxy) is 2. The van der Waals surface area contributed by atoms with Gasteiger partial charge in [-0.15, -0.1) is 22.7 Å². The number of benzene rings is 1. The molecule has 28 heavy (non-hydrogen) atoms. The van der Waals surface area contributed by atoms with Crippen molar-refractivity contribution in [2.75, 3.05) is 32.6 Å². The first-order valence-electron chi connectivity index (χ1n) is 9.15. The Morgan fingerprint density at radius 3 is 2.82 bits per heavy atom. The van der Waals surface area contributed by atoms with Crippen LogP contribution in [0.5, 0.6) is 11.5 Å². The first-order valence-corrected chi connectivity index (χ1v) is 10.9. The molecule has 5 nitrogen and oxygen atoms in total. The number of anilines is 1. The second-order valence-corrected chi connectivity index (χ2v) is 8.68. The molecule has 3 heterocycles. The summed E-state index contributed by atoms with van der Waals surface area (Å²) >= 11 is 3.58. The van der Waals surface area contributed by atoms with Crippen molar-refractivity contribution in [1.29, 1.82) is 0 Å². The molecule has 0 bridgehead atoms. The fourth-order valence-electron chi connectivity index (χ4n) is 3.75. The maximum Gasteiger partial charge on any atom is 0.279 e. The Hall–Kier alpha value is -2.35. The average molecular weight is 416 g/mol. The molecule has 146 valence electrons. The van der Waals surface area contributed by atoms with Crippen molar-refractivity contribution in [3.63, 3.8) is 0 Å². The van der Waals surface area contributed by atoms with E-state index in [2.05, 4.69) is 34.3 Å². The summed E-state index contributed by atoms with van der Waals surface area (Å²) in [6.07, 6.45) is 1.02. The van der Waals surface area contributed by atoms with Gasteiger partial charge in [-0.1, -0.05) is 6.07 Å². The molecular weight excluding hydrogens is 392 g/mol. The van der Waals surface area contributed by atoms with Gasteiger partial charge in [-0.3, -0.25) is 4.79 Å². The average Bonchev–Trinajstić information content (AvgIpc) is 3.40. The predicted octanol–water partition coefficient (Wildman–Crippen LogP) is 3.00. The van der Waals surface area contributed by atoms with Crippen molar-refractivity contribution >= 4 is 34.3 Å². The summed E-state index contributed by atoms with van der Waals surface area (Å²) in [5.74, 6) is 1.27. The molecule has 4 rings (SSSR count). The van der Waals surface area contributed by atoms with Crippen molar-refractivity contribution in [2.45, 2.75) is 12.5 Å². The molecule has 0 aliphatic carbocycles. The maximum absolute atomic E-state index is 12.9. The Bertz CT molecular complexity index is 952. The number of hydrogen-bond acceptors (Lipinski definition) is 5. The first kappa shape index (κ1) is 19.0. The Kier molecular flexibility index (Phi) is 5.66. The summed E-state index contributed by atoms with van der Waals surface area (Å²) in [7, 11) is 3.20. The fraction of sp³-hybridized carbons (Fsp3) is 0.286. The van der Waals surface area contributed by atoms with Crippen molar-refractivity contribution in [2.24, 2.45) is 0 Å². The number of hydrogen-bond donors (Lipinski definition) is 2. The van der Waals surface area contributed by atoms with Gasteiger partial charge in [0, 0.05) is 22.9 Å². The SMILES string of the molecule is COc1ccc(NC(=O)C[NH+]2CCc3sccc3[C@@H]2c2cccs2)c(OC)c1. The zero-order chi connectivity index (χ0) is 19.5. The number of rotatable bonds is 6. The van der Waals surface area contributed by atoms with Crippen LogP contribution in [0.15, 0.2) is 47.2 Å². The minimum atomic E-state index is -0.0151. The third kappa shape index (κ3) is 3.78. The van der Waals surface area contributed by atoms with Gasteiger partial charge in [-0.2, -0.15) is 0 Å². The quantitative estimate of drug-likeness (QED) is 0.651. The lowest BCUT2D eigenvalue weighted by Crippen LogP contribution is -3.14. The molecule has 1 aliphatic heterocycles. The highest BCUT2D eigenvalue weighted by Crippen LogP contribution is 2.32. The van der Waals surface area contributed by atoms with Gasteiger partial charge in [-0.25, -0.2) is 0 Å². The first-order chi connectivity index (χ1) is 13.7. The summed E-state index contributed by atoms with van der Waals surface area (Å²) < 4.78 is 10.6. The minimum absolute atomic E-state index is 0.0151. The number of nitrogens with one attached hydrogen (secondary N) is 2. The van der Waals surface area contributed by atoms with Gasteiger partial charge in [0.25, 0.3) is 5.91 Å². The molecule has 0 spiro atoms. The molecule has 2 N–H and O–H groups in total. The van der Waals surface area contributed by atoms with Crippen LogP contribution in [0, 0.1) is 0 Å². The summed E-state index contributed by atoms with van der Waals surface area (Å²) in [6.45, 7) is 1.36. The van der Waals surface area contributed by atoms with Gasteiger partial charge in [0.05, 0.1) is 31.3 Å². The standard InChI is InChI=1S/C21H22N2O3S2/c1-25-14-5-6-16(17(12-14)26-2)22-20(24)13-23-9-7-18-15(8-11-28-18)21(23)19-4-3-10-27-19/h3-6,8,10-12,21H,7,9,13H2,1-2H3,(H,22,24)/p+1/t21-/m1/s1. The Morgan fingerprint density at radius 2 is 2.07 bits per heavy atom. The molecule has 0 saturated carbocycles. The Morgan fingerprint density at radius 1 is 1.18 bits per heavy atom. The molecule has 0 fully saturated rings. The van der Waals surface area contributed by atoms with E-state index in [1.54, 1.807) is 31.6 Å². The van der Waals surface area contributed by atoms with E-state index in [1.807, 2.05) is 23.5 Å². The fourth-order valence-corrected chi connectivity index (χ4v) is 5.57. The zero-order valence-corrected chi connectivity index (χ0v) is 17.5. The monoisotopic (exact) mass is 415 g/mol. The molecule has 0 radical (unpaired) electrons. The lowest BCUT2D eigenvalue weighted by molar-refractivity contribution is -0.919. The smallest absolute Gasteiger partial charge is 0.279 e. The molecule has 1 unspecified atom stereocenters. The van der Waals surface area contributed by atoms with Crippen molar-refractivity contribution in [3.05, 3.63) is 62.5 Å². The molecule has 0 saturated heterocycles. The van der Waals surface area contributed by atoms with Crippen LogP contribution < -0.4 is 19.7 Å². The van der Waals surface area contributed by atoms with Crippen LogP contribution in [0.4, 0.5) is 5.69 Å². The molecule has 2 aromatic heterocycles. The molecule has 1 amide bonds. The topological polar surface area (TPSA) is 52.0 Å². The molecule has 2 atom stereocenters. The summed E-state index contributed by atoms with van der Waals surface area (Å²) in [4.78, 5) is 16.9.